The summed E-state index contributed by atoms with van der Waals surface area (Å²) in [7, 11) is 3.28. The van der Waals surface area contributed by atoms with Crippen molar-refractivity contribution in [2.24, 2.45) is 0 Å². The Balaban J connectivity index is 2.23. The van der Waals surface area contributed by atoms with Crippen molar-refractivity contribution in [2.75, 3.05) is 20.7 Å². The SMILES string of the molecule is CCC(NC(=O)c1cc(F)c(Cl)cc1Cl)c1ccccc1OCC(=O)N(C)C. The first-order valence-electron chi connectivity index (χ1n) is 8.61. The third-order valence-corrected chi connectivity index (χ3v) is 4.71. The number of likely N-dealkylation sites (N-methyl/N-ethyl adjacent to an activating group) is 1. The van der Waals surface area contributed by atoms with Gasteiger partial charge >= 0.3 is 0 Å². The van der Waals surface area contributed by atoms with Gasteiger partial charge in [-0.3, -0.25) is 9.59 Å². The predicted molar refractivity (Wildman–Crippen MR) is 108 cm³/mol. The van der Waals surface area contributed by atoms with Crippen LogP contribution in [0.25, 0.3) is 0 Å². The smallest absolute Gasteiger partial charge is 0.259 e. The molecule has 5 nitrogen and oxygen atoms in total. The topological polar surface area (TPSA) is 58.6 Å². The Kier molecular flexibility index (Phi) is 7.66. The van der Waals surface area contributed by atoms with E-state index in [9.17, 15) is 14.0 Å². The molecule has 1 N–H and O–H groups in total. The average Bonchev–Trinajstić information content (AvgIpc) is 2.67. The van der Waals surface area contributed by atoms with Crippen molar-refractivity contribution in [3.8, 4) is 5.75 Å². The van der Waals surface area contributed by atoms with Crippen molar-refractivity contribution in [3.63, 3.8) is 0 Å². The van der Waals surface area contributed by atoms with Crippen molar-refractivity contribution in [1.82, 2.24) is 10.2 Å². The lowest BCUT2D eigenvalue weighted by Crippen LogP contribution is -2.30. The molecule has 1 atom stereocenters. The normalized spacial score (nSPS) is 11.6. The molecule has 0 radical (unpaired) electrons. The molecule has 0 aromatic heterocycles. The number of nitrogens with one attached hydrogen (secondary N) is 1. The lowest BCUT2D eigenvalue weighted by atomic mass is 10.0. The number of hydrogen-bond acceptors (Lipinski definition) is 3. The van der Waals surface area contributed by atoms with Crippen molar-refractivity contribution >= 4 is 35.0 Å². The Morgan fingerprint density at radius 1 is 1.18 bits per heavy atom. The molecule has 2 rings (SSSR count). The first-order valence-corrected chi connectivity index (χ1v) is 9.37. The molecule has 8 heteroatoms. The fourth-order valence-corrected chi connectivity index (χ4v) is 2.97. The highest BCUT2D eigenvalue weighted by molar-refractivity contribution is 6.36. The van der Waals surface area contributed by atoms with E-state index in [-0.39, 0.29) is 28.1 Å². The minimum Gasteiger partial charge on any atom is -0.483 e. The standard InChI is InChI=1S/C20H21Cl2FN2O3/c1-4-17(24-20(27)13-9-16(23)15(22)10-14(13)21)12-7-5-6-8-18(12)28-11-19(26)25(2)3/h5-10,17H,4,11H2,1-3H3,(H,24,27). The fraction of sp³-hybridized carbons (Fsp3) is 0.300. The minimum absolute atomic E-state index is 0.0109. The third-order valence-electron chi connectivity index (χ3n) is 4.11. The van der Waals surface area contributed by atoms with Crippen molar-refractivity contribution in [2.45, 2.75) is 19.4 Å². The van der Waals surface area contributed by atoms with Crippen LogP contribution in [-0.4, -0.2) is 37.4 Å². The van der Waals surface area contributed by atoms with E-state index in [2.05, 4.69) is 5.32 Å². The van der Waals surface area contributed by atoms with Gasteiger partial charge in [0.2, 0.25) is 0 Å². The second-order valence-electron chi connectivity index (χ2n) is 6.30. The minimum atomic E-state index is -0.727. The molecular formula is C20H21Cl2FN2O3. The van der Waals surface area contributed by atoms with E-state index in [4.69, 9.17) is 27.9 Å². The van der Waals surface area contributed by atoms with Gasteiger partial charge in [-0.25, -0.2) is 4.39 Å². The number of ether oxygens (including phenoxy) is 1. The van der Waals surface area contributed by atoms with Crippen LogP contribution in [0, 0.1) is 5.82 Å². The molecule has 0 heterocycles. The van der Waals surface area contributed by atoms with Crippen LogP contribution in [0.15, 0.2) is 36.4 Å². The molecule has 28 heavy (non-hydrogen) atoms. The quantitative estimate of drug-likeness (QED) is 0.663. The van der Waals surface area contributed by atoms with Gasteiger partial charge in [-0.1, -0.05) is 48.3 Å². The Hall–Kier alpha value is -2.31. The molecule has 0 saturated heterocycles. The molecule has 0 bridgehead atoms. The lowest BCUT2D eigenvalue weighted by Gasteiger charge is -2.21. The van der Waals surface area contributed by atoms with Gasteiger partial charge in [-0.15, -0.1) is 0 Å². The van der Waals surface area contributed by atoms with Crippen LogP contribution in [0.2, 0.25) is 10.0 Å². The van der Waals surface area contributed by atoms with Crippen molar-refractivity contribution in [3.05, 3.63) is 63.4 Å². The molecule has 0 spiro atoms. The first-order chi connectivity index (χ1) is 13.2. The van der Waals surface area contributed by atoms with Crippen LogP contribution in [0.4, 0.5) is 4.39 Å². The van der Waals surface area contributed by atoms with Gasteiger partial charge in [0.1, 0.15) is 11.6 Å². The summed E-state index contributed by atoms with van der Waals surface area (Å²) in [6.07, 6.45) is 0.543. The maximum absolute atomic E-state index is 13.7. The van der Waals surface area contributed by atoms with Gasteiger partial charge in [0.25, 0.3) is 11.8 Å². The van der Waals surface area contributed by atoms with E-state index in [0.29, 0.717) is 17.7 Å². The van der Waals surface area contributed by atoms with E-state index >= 15 is 0 Å². The van der Waals surface area contributed by atoms with Crippen molar-refractivity contribution < 1.29 is 18.7 Å². The molecule has 2 aromatic rings. The third kappa shape index (κ3) is 5.36. The van der Waals surface area contributed by atoms with Crippen LogP contribution in [0.5, 0.6) is 5.75 Å². The summed E-state index contributed by atoms with van der Waals surface area (Å²) in [5.41, 5.74) is 0.693. The highest BCUT2D eigenvalue weighted by atomic mass is 35.5. The van der Waals surface area contributed by atoms with Gasteiger partial charge in [0.15, 0.2) is 6.61 Å². The van der Waals surface area contributed by atoms with Crippen LogP contribution in [0.1, 0.15) is 35.3 Å². The summed E-state index contributed by atoms with van der Waals surface area (Å²) < 4.78 is 19.4. The molecule has 0 aliphatic carbocycles. The summed E-state index contributed by atoms with van der Waals surface area (Å²) in [6.45, 7) is 1.76. The molecular weight excluding hydrogens is 406 g/mol. The first kappa shape index (κ1) is 22.0. The van der Waals surface area contributed by atoms with Crippen LogP contribution < -0.4 is 10.1 Å². The maximum Gasteiger partial charge on any atom is 0.259 e. The molecule has 0 aliphatic rings. The number of para-hydroxylation sites is 1. The lowest BCUT2D eigenvalue weighted by molar-refractivity contribution is -0.130. The largest absolute Gasteiger partial charge is 0.483 e. The second kappa shape index (κ2) is 9.75. The Labute approximate surface area is 173 Å². The highest BCUT2D eigenvalue weighted by Crippen LogP contribution is 2.29. The van der Waals surface area contributed by atoms with Gasteiger partial charge < -0.3 is 15.0 Å². The Bertz CT molecular complexity index is 875. The van der Waals surface area contributed by atoms with Crippen molar-refractivity contribution in [1.29, 1.82) is 0 Å². The number of carbonyl (C=O) groups excluding carboxylic acids is 2. The van der Waals surface area contributed by atoms with Crippen LogP contribution in [-0.2, 0) is 4.79 Å². The second-order valence-corrected chi connectivity index (χ2v) is 7.11. The monoisotopic (exact) mass is 426 g/mol. The number of nitrogens with zero attached hydrogens (tertiary/aromatic N) is 1. The van der Waals surface area contributed by atoms with E-state index in [1.165, 1.54) is 11.0 Å². The molecule has 0 fully saturated rings. The predicted octanol–water partition coefficient (Wildman–Crippen LogP) is 4.48. The maximum atomic E-state index is 13.7. The average molecular weight is 427 g/mol. The van der Waals surface area contributed by atoms with Gasteiger partial charge in [0.05, 0.1) is 21.7 Å². The van der Waals surface area contributed by atoms with Gasteiger partial charge in [-0.05, 0) is 24.6 Å². The summed E-state index contributed by atoms with van der Waals surface area (Å²) in [6, 6.07) is 8.88. The summed E-state index contributed by atoms with van der Waals surface area (Å²) >= 11 is 11.7. The molecule has 2 amide bonds. The highest BCUT2D eigenvalue weighted by Gasteiger charge is 2.21. The van der Waals surface area contributed by atoms with E-state index < -0.39 is 17.8 Å². The molecule has 2 aromatic carbocycles. The number of rotatable bonds is 7. The van der Waals surface area contributed by atoms with Gasteiger partial charge in [0, 0.05) is 19.7 Å². The van der Waals surface area contributed by atoms with E-state index in [1.807, 2.05) is 6.92 Å². The number of amides is 2. The Morgan fingerprint density at radius 2 is 1.86 bits per heavy atom. The number of hydrogen-bond donors (Lipinski definition) is 1. The number of benzene rings is 2. The molecule has 150 valence electrons. The fourth-order valence-electron chi connectivity index (χ4n) is 2.50. The molecule has 1 unspecified atom stereocenters. The summed E-state index contributed by atoms with van der Waals surface area (Å²) in [4.78, 5) is 25.9. The molecule has 0 saturated carbocycles. The zero-order valence-corrected chi connectivity index (χ0v) is 17.3. The summed E-state index contributed by atoms with van der Waals surface area (Å²) in [5.74, 6) is -0.963. The van der Waals surface area contributed by atoms with Crippen LogP contribution >= 0.6 is 23.2 Å². The zero-order chi connectivity index (χ0) is 20.8. The molecule has 0 aliphatic heterocycles. The summed E-state index contributed by atoms with van der Waals surface area (Å²) in [5, 5.41) is 2.73. The van der Waals surface area contributed by atoms with Crippen LogP contribution in [0.3, 0.4) is 0 Å². The van der Waals surface area contributed by atoms with Gasteiger partial charge in [-0.2, -0.15) is 0 Å². The number of carbonyl (C=O) groups is 2. The zero-order valence-electron chi connectivity index (χ0n) is 15.8. The van der Waals surface area contributed by atoms with E-state index in [0.717, 1.165) is 6.07 Å². The van der Waals surface area contributed by atoms with E-state index in [1.54, 1.807) is 38.4 Å². The number of halogens is 3. The Morgan fingerprint density at radius 3 is 2.50 bits per heavy atom.